The van der Waals surface area contributed by atoms with Crippen LogP contribution in [0.5, 0.6) is 0 Å². The molecule has 1 aromatic carbocycles. The lowest BCUT2D eigenvalue weighted by atomic mass is 9.85. The maximum Gasteiger partial charge on any atom is 0.248 e. The normalized spacial score (nSPS) is 19.7. The molecule has 1 aromatic heterocycles. The molecule has 1 unspecified atom stereocenters. The van der Waals surface area contributed by atoms with E-state index < -0.39 is 5.41 Å². The highest BCUT2D eigenvalue weighted by atomic mass is 19.1. The molecule has 3 rings (SSSR count). The van der Waals surface area contributed by atoms with Crippen LogP contribution in [0, 0.1) is 22.6 Å². The number of halogens is 1. The lowest BCUT2D eigenvalue weighted by molar-refractivity contribution is -0.123. The Morgan fingerprint density at radius 3 is 2.76 bits per heavy atom. The van der Waals surface area contributed by atoms with Crippen LogP contribution in [-0.4, -0.2) is 22.4 Å². The van der Waals surface area contributed by atoms with Gasteiger partial charge in [0.2, 0.25) is 11.9 Å². The minimum atomic E-state index is -0.952. The summed E-state index contributed by atoms with van der Waals surface area (Å²) in [5.74, 6) is 0.361. The van der Waals surface area contributed by atoms with Gasteiger partial charge in [-0.15, -0.1) is 0 Å². The van der Waals surface area contributed by atoms with Crippen LogP contribution in [0.25, 0.3) is 0 Å². The van der Waals surface area contributed by atoms with Crippen molar-refractivity contribution in [2.24, 2.45) is 5.41 Å². The first kappa shape index (κ1) is 16.8. The summed E-state index contributed by atoms with van der Waals surface area (Å²) in [5, 5.41) is 12.4. The van der Waals surface area contributed by atoms with E-state index in [1.807, 2.05) is 6.92 Å². The Hall–Kier alpha value is -3.01. The predicted molar refractivity (Wildman–Crippen MR) is 91.1 cm³/mol. The van der Waals surface area contributed by atoms with Crippen molar-refractivity contribution in [3.63, 3.8) is 0 Å². The van der Waals surface area contributed by atoms with Crippen LogP contribution in [-0.2, 0) is 11.3 Å². The fourth-order valence-corrected chi connectivity index (χ4v) is 2.87. The third kappa shape index (κ3) is 3.29. The van der Waals surface area contributed by atoms with Crippen LogP contribution in [0.4, 0.5) is 16.2 Å². The van der Waals surface area contributed by atoms with E-state index in [-0.39, 0.29) is 11.7 Å². The molecule has 2 aromatic rings. The Bertz CT molecular complexity index is 817. The number of nitrogens with one attached hydrogen (secondary N) is 1. The van der Waals surface area contributed by atoms with Gasteiger partial charge in [-0.05, 0) is 36.6 Å². The van der Waals surface area contributed by atoms with Gasteiger partial charge >= 0.3 is 0 Å². The maximum absolute atomic E-state index is 12.9. The number of hydrogen-bond acceptors (Lipinski definition) is 5. The molecule has 1 aliphatic rings. The van der Waals surface area contributed by atoms with Gasteiger partial charge in [0.25, 0.3) is 0 Å². The van der Waals surface area contributed by atoms with Gasteiger partial charge in [-0.1, -0.05) is 19.1 Å². The van der Waals surface area contributed by atoms with Crippen LogP contribution < -0.4 is 10.2 Å². The topological polar surface area (TPSA) is 81.9 Å². The molecule has 0 bridgehead atoms. The lowest BCUT2D eigenvalue weighted by Crippen LogP contribution is -2.33. The number of carbonyl (C=O) groups is 1. The van der Waals surface area contributed by atoms with Gasteiger partial charge in [-0.25, -0.2) is 9.37 Å². The number of nitriles is 1. The highest BCUT2D eigenvalue weighted by molar-refractivity contribution is 6.01. The molecule has 1 amide bonds. The predicted octanol–water partition coefficient (Wildman–Crippen LogP) is 2.88. The number of amides is 1. The zero-order valence-corrected chi connectivity index (χ0v) is 13.9. The van der Waals surface area contributed by atoms with Gasteiger partial charge in [0.15, 0.2) is 0 Å². The quantitative estimate of drug-likeness (QED) is 0.906. The van der Waals surface area contributed by atoms with Gasteiger partial charge in [-0.3, -0.25) is 9.69 Å². The van der Waals surface area contributed by atoms with Crippen LogP contribution in [0.15, 0.2) is 36.5 Å². The fourth-order valence-electron chi connectivity index (χ4n) is 2.87. The lowest BCUT2D eigenvalue weighted by Gasteiger charge is -2.19. The van der Waals surface area contributed by atoms with Crippen molar-refractivity contribution in [3.8, 4) is 6.07 Å². The minimum absolute atomic E-state index is 0.208. The van der Waals surface area contributed by atoms with Crippen LogP contribution in [0.1, 0.15) is 25.3 Å². The first-order chi connectivity index (χ1) is 12.1. The molecular weight excluding hydrogens is 321 g/mol. The molecule has 2 heterocycles. The largest absolute Gasteiger partial charge is 0.350 e. The van der Waals surface area contributed by atoms with Crippen molar-refractivity contribution in [1.29, 1.82) is 5.26 Å². The van der Waals surface area contributed by atoms with E-state index in [9.17, 15) is 14.4 Å². The van der Waals surface area contributed by atoms with E-state index in [0.717, 1.165) is 5.56 Å². The van der Waals surface area contributed by atoms with Gasteiger partial charge in [-0.2, -0.15) is 10.2 Å². The second-order valence-electron chi connectivity index (χ2n) is 5.97. The summed E-state index contributed by atoms with van der Waals surface area (Å²) >= 11 is 0. The number of nitrogens with zero attached hydrogens (tertiary/aromatic N) is 4. The number of hydrogen-bond donors (Lipinski definition) is 1. The number of carbonyl (C=O) groups excluding carboxylic acids is 1. The Morgan fingerprint density at radius 2 is 2.12 bits per heavy atom. The molecule has 1 N–H and O–H groups in total. The van der Waals surface area contributed by atoms with Gasteiger partial charge in [0.1, 0.15) is 17.1 Å². The van der Waals surface area contributed by atoms with Crippen LogP contribution in [0.2, 0.25) is 0 Å². The molecule has 0 aliphatic carbocycles. The second kappa shape index (κ2) is 6.85. The molecule has 25 heavy (non-hydrogen) atoms. The third-order valence-corrected chi connectivity index (χ3v) is 4.52. The second-order valence-corrected chi connectivity index (χ2v) is 5.97. The molecule has 1 fully saturated rings. The standard InChI is InChI=1S/C18H18FN5O/c1-2-18(12-20)8-10-24(16(18)25)15-7-9-21-17(23-15)22-11-13-3-5-14(19)6-4-13/h3-7,9H,2,8,10-11H2,1H3,(H,21,22,23). The van der Waals surface area contributed by atoms with E-state index >= 15 is 0 Å². The maximum atomic E-state index is 12.9. The smallest absolute Gasteiger partial charge is 0.248 e. The summed E-state index contributed by atoms with van der Waals surface area (Å²) in [6.45, 7) is 2.75. The van der Waals surface area contributed by atoms with Gasteiger partial charge in [0.05, 0.1) is 6.07 Å². The summed E-state index contributed by atoms with van der Waals surface area (Å²) in [5.41, 5.74) is -0.0609. The van der Waals surface area contributed by atoms with Crippen molar-refractivity contribution in [2.45, 2.75) is 26.3 Å². The molecule has 128 valence electrons. The fraction of sp³-hybridized carbons (Fsp3) is 0.333. The van der Waals surface area contributed by atoms with Crippen molar-refractivity contribution in [2.75, 3.05) is 16.8 Å². The third-order valence-electron chi connectivity index (χ3n) is 4.52. The SMILES string of the molecule is CCC1(C#N)CCN(c2ccnc(NCc3ccc(F)cc3)n2)C1=O. The molecule has 1 atom stereocenters. The van der Waals surface area contributed by atoms with Crippen LogP contribution in [0.3, 0.4) is 0 Å². The molecule has 6 nitrogen and oxygen atoms in total. The Balaban J connectivity index is 1.73. The van der Waals surface area contributed by atoms with Crippen LogP contribution >= 0.6 is 0 Å². The zero-order valence-electron chi connectivity index (χ0n) is 13.9. The molecular formula is C18H18FN5O. The first-order valence-electron chi connectivity index (χ1n) is 8.12. The van der Waals surface area contributed by atoms with E-state index in [2.05, 4.69) is 21.4 Å². The summed E-state index contributed by atoms with van der Waals surface area (Å²) in [7, 11) is 0. The summed E-state index contributed by atoms with van der Waals surface area (Å²) in [6, 6.07) is 9.96. The number of aromatic nitrogens is 2. The average Bonchev–Trinajstić information content (AvgIpc) is 2.98. The highest BCUT2D eigenvalue weighted by Gasteiger charge is 2.46. The summed E-state index contributed by atoms with van der Waals surface area (Å²) in [6.07, 6.45) is 2.56. The first-order valence-corrected chi connectivity index (χ1v) is 8.12. The van der Waals surface area contributed by atoms with E-state index in [4.69, 9.17) is 0 Å². The van der Waals surface area contributed by atoms with E-state index in [1.165, 1.54) is 17.0 Å². The summed E-state index contributed by atoms with van der Waals surface area (Å²) in [4.78, 5) is 22.7. The molecule has 0 saturated carbocycles. The van der Waals surface area contributed by atoms with Gasteiger partial charge in [0, 0.05) is 19.3 Å². The minimum Gasteiger partial charge on any atom is -0.350 e. The average molecular weight is 339 g/mol. The molecule has 0 radical (unpaired) electrons. The monoisotopic (exact) mass is 339 g/mol. The molecule has 7 heteroatoms. The summed E-state index contributed by atoms with van der Waals surface area (Å²) < 4.78 is 12.9. The Kier molecular flexibility index (Phi) is 4.61. The van der Waals surface area contributed by atoms with E-state index in [0.29, 0.717) is 37.7 Å². The Labute approximate surface area is 145 Å². The number of benzene rings is 1. The number of rotatable bonds is 5. The highest BCUT2D eigenvalue weighted by Crippen LogP contribution is 2.36. The molecule has 1 saturated heterocycles. The van der Waals surface area contributed by atoms with Crippen molar-refractivity contribution >= 4 is 17.7 Å². The van der Waals surface area contributed by atoms with Crippen molar-refractivity contribution in [1.82, 2.24) is 9.97 Å². The number of anilines is 2. The molecule has 1 aliphatic heterocycles. The molecule has 0 spiro atoms. The van der Waals surface area contributed by atoms with Gasteiger partial charge < -0.3 is 5.32 Å². The Morgan fingerprint density at radius 1 is 1.36 bits per heavy atom. The zero-order chi connectivity index (χ0) is 17.9. The van der Waals surface area contributed by atoms with Crippen molar-refractivity contribution < 1.29 is 9.18 Å². The van der Waals surface area contributed by atoms with E-state index in [1.54, 1.807) is 24.4 Å². The van der Waals surface area contributed by atoms with Crippen molar-refractivity contribution in [3.05, 3.63) is 47.9 Å².